The number of aliphatic carboxylic acids is 1. The Hall–Kier alpha value is -1.60. The molecule has 0 saturated heterocycles. The van der Waals surface area contributed by atoms with Crippen LogP contribution in [-0.4, -0.2) is 36.7 Å². The first-order valence-corrected chi connectivity index (χ1v) is 8.16. The molecule has 0 aliphatic carbocycles. The van der Waals surface area contributed by atoms with Crippen molar-refractivity contribution in [3.8, 4) is 0 Å². The first-order chi connectivity index (χ1) is 9.60. The minimum atomic E-state index is -3.85. The normalized spacial score (nSPS) is 14.2. The van der Waals surface area contributed by atoms with E-state index in [0.717, 1.165) is 0 Å². The molecule has 8 heteroatoms. The molecule has 116 valence electrons. The van der Waals surface area contributed by atoms with E-state index < -0.39 is 33.0 Å². The number of carboxylic acids is 1. The number of amides is 1. The van der Waals surface area contributed by atoms with Gasteiger partial charge in [-0.05, 0) is 37.6 Å². The lowest BCUT2D eigenvalue weighted by Crippen LogP contribution is -2.53. The van der Waals surface area contributed by atoms with Crippen LogP contribution in [0, 0.1) is 0 Å². The van der Waals surface area contributed by atoms with Crippen molar-refractivity contribution in [2.45, 2.75) is 30.7 Å². The topological polar surface area (TPSA) is 101 Å². The Morgan fingerprint density at radius 3 is 2.24 bits per heavy atom. The van der Waals surface area contributed by atoms with Gasteiger partial charge in [0, 0.05) is 5.02 Å². The van der Waals surface area contributed by atoms with E-state index in [1.54, 1.807) is 6.92 Å². The van der Waals surface area contributed by atoms with Gasteiger partial charge in [-0.1, -0.05) is 18.5 Å². The molecule has 0 aliphatic rings. The van der Waals surface area contributed by atoms with Gasteiger partial charge < -0.3 is 10.4 Å². The number of nitrogens with one attached hydrogen (secondary N) is 1. The number of hydrogen-bond donors (Lipinski definition) is 2. The summed E-state index contributed by atoms with van der Waals surface area (Å²) >= 11 is 5.67. The number of rotatable bonds is 6. The van der Waals surface area contributed by atoms with Crippen LogP contribution in [0.1, 0.15) is 20.3 Å². The average molecular weight is 334 g/mol. The highest BCUT2D eigenvalue weighted by Crippen LogP contribution is 2.16. The molecule has 0 fully saturated rings. The van der Waals surface area contributed by atoms with E-state index in [1.807, 2.05) is 0 Å². The van der Waals surface area contributed by atoms with Crippen LogP contribution >= 0.6 is 11.6 Å². The number of carboxylic acid groups (broad SMARTS) is 1. The van der Waals surface area contributed by atoms with E-state index in [2.05, 4.69) is 5.32 Å². The second kappa shape index (κ2) is 6.44. The van der Waals surface area contributed by atoms with Crippen molar-refractivity contribution in [1.29, 1.82) is 0 Å². The van der Waals surface area contributed by atoms with Gasteiger partial charge in [-0.2, -0.15) is 0 Å². The zero-order valence-electron chi connectivity index (χ0n) is 11.6. The summed E-state index contributed by atoms with van der Waals surface area (Å²) in [6.07, 6.45) is 0.134. The van der Waals surface area contributed by atoms with Crippen molar-refractivity contribution < 1.29 is 23.1 Å². The maximum Gasteiger partial charge on any atom is 0.329 e. The van der Waals surface area contributed by atoms with Gasteiger partial charge in [0.15, 0.2) is 9.84 Å². The van der Waals surface area contributed by atoms with E-state index in [1.165, 1.54) is 31.2 Å². The Labute approximate surface area is 128 Å². The third kappa shape index (κ3) is 4.44. The van der Waals surface area contributed by atoms with E-state index in [0.29, 0.717) is 5.02 Å². The molecule has 21 heavy (non-hydrogen) atoms. The number of halogens is 1. The number of hydrogen-bond acceptors (Lipinski definition) is 4. The van der Waals surface area contributed by atoms with Crippen molar-refractivity contribution in [1.82, 2.24) is 5.32 Å². The van der Waals surface area contributed by atoms with E-state index in [-0.39, 0.29) is 11.3 Å². The number of benzene rings is 1. The zero-order valence-corrected chi connectivity index (χ0v) is 13.2. The molecule has 0 radical (unpaired) electrons. The van der Waals surface area contributed by atoms with Gasteiger partial charge in [-0.25, -0.2) is 13.2 Å². The van der Waals surface area contributed by atoms with Gasteiger partial charge in [-0.3, -0.25) is 4.79 Å². The first kappa shape index (κ1) is 17.5. The minimum Gasteiger partial charge on any atom is -0.480 e. The van der Waals surface area contributed by atoms with Crippen molar-refractivity contribution in [3.05, 3.63) is 29.3 Å². The Morgan fingerprint density at radius 2 is 1.81 bits per heavy atom. The fourth-order valence-electron chi connectivity index (χ4n) is 1.53. The van der Waals surface area contributed by atoms with Gasteiger partial charge in [0.2, 0.25) is 5.91 Å². The molecule has 0 heterocycles. The standard InChI is InChI=1S/C13H16ClNO5S/c1-3-13(2,12(17)18)15-11(16)8-21(19,20)10-6-4-9(14)5-7-10/h4-7H,3,8H2,1-2H3,(H,15,16)(H,17,18). The third-order valence-electron chi connectivity index (χ3n) is 3.09. The lowest BCUT2D eigenvalue weighted by molar-refractivity contribution is -0.146. The Balaban J connectivity index is 2.87. The third-order valence-corrected chi connectivity index (χ3v) is 4.97. The first-order valence-electron chi connectivity index (χ1n) is 6.13. The summed E-state index contributed by atoms with van der Waals surface area (Å²) in [6, 6.07) is 5.39. The van der Waals surface area contributed by atoms with Crippen molar-refractivity contribution in [2.75, 3.05) is 5.75 Å². The van der Waals surface area contributed by atoms with Gasteiger partial charge in [0.25, 0.3) is 0 Å². The fourth-order valence-corrected chi connectivity index (χ4v) is 2.80. The maximum absolute atomic E-state index is 12.0. The molecule has 1 aromatic carbocycles. The smallest absolute Gasteiger partial charge is 0.329 e. The lowest BCUT2D eigenvalue weighted by atomic mass is 9.99. The van der Waals surface area contributed by atoms with E-state index in [9.17, 15) is 18.0 Å². The number of carbonyl (C=O) groups is 2. The molecule has 0 bridgehead atoms. The summed E-state index contributed by atoms with van der Waals surface area (Å²) in [5.74, 6) is -2.91. The Morgan fingerprint density at radius 1 is 1.29 bits per heavy atom. The maximum atomic E-state index is 12.0. The molecule has 0 saturated carbocycles. The van der Waals surface area contributed by atoms with Crippen LogP contribution in [0.15, 0.2) is 29.2 Å². The number of sulfone groups is 1. The summed E-state index contributed by atoms with van der Waals surface area (Å²) in [5.41, 5.74) is -1.49. The van der Waals surface area contributed by atoms with E-state index >= 15 is 0 Å². The van der Waals surface area contributed by atoms with Gasteiger partial charge in [-0.15, -0.1) is 0 Å². The van der Waals surface area contributed by atoms with Crippen LogP contribution in [0.4, 0.5) is 0 Å². The molecule has 1 aromatic rings. The highest BCUT2D eigenvalue weighted by molar-refractivity contribution is 7.92. The van der Waals surface area contributed by atoms with Crippen LogP contribution in [-0.2, 0) is 19.4 Å². The van der Waals surface area contributed by atoms with Gasteiger partial charge >= 0.3 is 5.97 Å². The molecule has 1 rings (SSSR count). The van der Waals surface area contributed by atoms with E-state index in [4.69, 9.17) is 16.7 Å². The van der Waals surface area contributed by atoms with Crippen LogP contribution in [0.25, 0.3) is 0 Å². The van der Waals surface area contributed by atoms with Gasteiger partial charge in [0.05, 0.1) is 4.90 Å². The van der Waals surface area contributed by atoms with Crippen LogP contribution < -0.4 is 5.32 Å². The molecule has 0 aromatic heterocycles. The van der Waals surface area contributed by atoms with Gasteiger partial charge in [0.1, 0.15) is 11.3 Å². The molecule has 2 N–H and O–H groups in total. The minimum absolute atomic E-state index is 0.0458. The average Bonchev–Trinajstić information content (AvgIpc) is 2.37. The fraction of sp³-hybridized carbons (Fsp3) is 0.385. The van der Waals surface area contributed by atoms with Crippen LogP contribution in [0.5, 0.6) is 0 Å². The predicted molar refractivity (Wildman–Crippen MR) is 78.0 cm³/mol. The highest BCUT2D eigenvalue weighted by Gasteiger charge is 2.34. The molecular weight excluding hydrogens is 318 g/mol. The molecule has 6 nitrogen and oxygen atoms in total. The second-order valence-corrected chi connectivity index (χ2v) is 7.18. The summed E-state index contributed by atoms with van der Waals surface area (Å²) in [6.45, 7) is 2.91. The Kier molecular flexibility index (Phi) is 5.36. The number of carbonyl (C=O) groups excluding carboxylic acids is 1. The summed E-state index contributed by atoms with van der Waals surface area (Å²) < 4.78 is 24.1. The quantitative estimate of drug-likeness (QED) is 0.821. The van der Waals surface area contributed by atoms with Crippen LogP contribution in [0.3, 0.4) is 0 Å². The SMILES string of the molecule is CCC(C)(NC(=O)CS(=O)(=O)c1ccc(Cl)cc1)C(=O)O. The predicted octanol–water partition coefficient (Wildman–Crippen LogP) is 1.48. The highest BCUT2D eigenvalue weighted by atomic mass is 35.5. The summed E-state index contributed by atoms with van der Waals surface area (Å²) in [7, 11) is -3.85. The molecular formula is C13H16ClNO5S. The zero-order chi connectivity index (χ0) is 16.3. The largest absolute Gasteiger partial charge is 0.480 e. The molecule has 1 amide bonds. The van der Waals surface area contributed by atoms with Crippen molar-refractivity contribution >= 4 is 33.3 Å². The summed E-state index contributed by atoms with van der Waals surface area (Å²) in [4.78, 5) is 22.8. The summed E-state index contributed by atoms with van der Waals surface area (Å²) in [5, 5.41) is 11.7. The van der Waals surface area contributed by atoms with Crippen molar-refractivity contribution in [2.24, 2.45) is 0 Å². The van der Waals surface area contributed by atoms with Crippen molar-refractivity contribution in [3.63, 3.8) is 0 Å². The molecule has 0 spiro atoms. The molecule has 0 aliphatic heterocycles. The molecule has 1 atom stereocenters. The molecule has 1 unspecified atom stereocenters. The Bertz CT molecular complexity index is 641. The lowest BCUT2D eigenvalue weighted by Gasteiger charge is -2.24. The monoisotopic (exact) mass is 333 g/mol. The second-order valence-electron chi connectivity index (χ2n) is 4.75. The van der Waals surface area contributed by atoms with Crippen LogP contribution in [0.2, 0.25) is 5.02 Å².